The number of fused-ring (bicyclic) bond motifs is 6. The fourth-order valence-corrected chi connectivity index (χ4v) is 6.64. The summed E-state index contributed by atoms with van der Waals surface area (Å²) in [5.74, 6) is 1.89. The number of benzene rings is 5. The molecule has 0 N–H and O–H groups in total. The van der Waals surface area contributed by atoms with Gasteiger partial charge in [-0.15, -0.1) is 0 Å². The minimum absolute atomic E-state index is 0.0778. The molecule has 1 heterocycles. The summed E-state index contributed by atoms with van der Waals surface area (Å²) in [7, 11) is 0. The monoisotopic (exact) mass is 494 g/mol. The summed E-state index contributed by atoms with van der Waals surface area (Å²) in [5, 5.41) is 0. The van der Waals surface area contributed by atoms with Crippen molar-refractivity contribution in [1.29, 1.82) is 0 Å². The molecular weight excluding hydrogens is 468 g/mol. The Balaban J connectivity index is 1.24. The van der Waals surface area contributed by atoms with Gasteiger partial charge in [-0.25, -0.2) is 0 Å². The zero-order valence-electron chi connectivity index (χ0n) is 20.9. The quantitative estimate of drug-likeness (QED) is 0.226. The van der Waals surface area contributed by atoms with E-state index in [1.807, 2.05) is 30.0 Å². The van der Waals surface area contributed by atoms with E-state index in [-0.39, 0.29) is 5.41 Å². The van der Waals surface area contributed by atoms with Crippen molar-refractivity contribution in [2.24, 2.45) is 0 Å². The molecule has 0 unspecified atom stereocenters. The lowest BCUT2D eigenvalue weighted by Crippen LogP contribution is -2.15. The summed E-state index contributed by atoms with van der Waals surface area (Å²) in [6, 6.07) is 38.9. The van der Waals surface area contributed by atoms with E-state index in [1.54, 1.807) is 0 Å². The molecule has 1 aliphatic carbocycles. The largest absolute Gasteiger partial charge is 0.455 e. The Labute approximate surface area is 222 Å². The maximum Gasteiger partial charge on any atom is 0.142 e. The second-order valence-electron chi connectivity index (χ2n) is 10.2. The first-order valence-electron chi connectivity index (χ1n) is 12.7. The van der Waals surface area contributed by atoms with Gasteiger partial charge < -0.3 is 4.74 Å². The van der Waals surface area contributed by atoms with Crippen LogP contribution >= 0.6 is 11.8 Å². The fraction of sp³-hybridized carbons (Fsp3) is 0.0857. The molecule has 0 spiro atoms. The number of rotatable bonds is 3. The molecule has 0 fully saturated rings. The van der Waals surface area contributed by atoms with E-state index in [0.717, 1.165) is 11.5 Å². The van der Waals surface area contributed by atoms with Crippen LogP contribution in [0, 0.1) is 0 Å². The van der Waals surface area contributed by atoms with Crippen molar-refractivity contribution in [3.63, 3.8) is 0 Å². The SMILES string of the molecule is CC1(C)c2cc(-c3ccc(C=Cc4ccccc4)cc3)ccc2-c2c1ccc1c2Sc2ccccc2O1. The molecule has 2 aliphatic rings. The zero-order valence-corrected chi connectivity index (χ0v) is 21.7. The van der Waals surface area contributed by atoms with Gasteiger partial charge in [-0.2, -0.15) is 0 Å². The number of hydrogen-bond acceptors (Lipinski definition) is 2. The Morgan fingerprint density at radius 3 is 2.14 bits per heavy atom. The zero-order chi connectivity index (χ0) is 25.0. The molecule has 37 heavy (non-hydrogen) atoms. The highest BCUT2D eigenvalue weighted by Crippen LogP contribution is 2.58. The van der Waals surface area contributed by atoms with Crippen LogP contribution in [0.25, 0.3) is 34.4 Å². The summed E-state index contributed by atoms with van der Waals surface area (Å²) in [4.78, 5) is 2.40. The first-order valence-corrected chi connectivity index (χ1v) is 13.5. The minimum atomic E-state index is -0.0778. The Hall–Kier alpha value is -4.01. The summed E-state index contributed by atoms with van der Waals surface area (Å²) in [5.41, 5.74) is 10.2. The highest BCUT2D eigenvalue weighted by molar-refractivity contribution is 7.99. The predicted octanol–water partition coefficient (Wildman–Crippen LogP) is 10.1. The van der Waals surface area contributed by atoms with Gasteiger partial charge >= 0.3 is 0 Å². The average Bonchev–Trinajstić information content (AvgIpc) is 3.18. The second kappa shape index (κ2) is 8.54. The third-order valence-corrected chi connectivity index (χ3v) is 8.72. The molecule has 0 aromatic heterocycles. The van der Waals surface area contributed by atoms with E-state index < -0.39 is 0 Å². The Morgan fingerprint density at radius 2 is 1.32 bits per heavy atom. The van der Waals surface area contributed by atoms with E-state index in [2.05, 4.69) is 117 Å². The lowest BCUT2D eigenvalue weighted by molar-refractivity contribution is 0.454. The topological polar surface area (TPSA) is 9.23 Å². The first-order chi connectivity index (χ1) is 18.1. The third kappa shape index (κ3) is 3.72. The molecule has 1 aliphatic heterocycles. The van der Waals surface area contributed by atoms with Crippen molar-refractivity contribution in [1.82, 2.24) is 0 Å². The van der Waals surface area contributed by atoms with Gasteiger partial charge in [-0.05, 0) is 63.2 Å². The van der Waals surface area contributed by atoms with Gasteiger partial charge in [0.15, 0.2) is 0 Å². The van der Waals surface area contributed by atoms with Crippen LogP contribution in [0.2, 0.25) is 0 Å². The molecule has 0 saturated heterocycles. The van der Waals surface area contributed by atoms with Gasteiger partial charge in [0.2, 0.25) is 0 Å². The Bertz CT molecular complexity index is 1680. The second-order valence-corrected chi connectivity index (χ2v) is 11.3. The molecule has 0 amide bonds. The van der Waals surface area contributed by atoms with E-state index >= 15 is 0 Å². The predicted molar refractivity (Wildman–Crippen MR) is 155 cm³/mol. The van der Waals surface area contributed by atoms with Crippen molar-refractivity contribution in [3.05, 3.63) is 131 Å². The molecule has 0 atom stereocenters. The standard InChI is InChI=1S/C35H26OS/c1-35(2)28-20-21-31-34(37-32-11-7-6-10-30(32)36-31)33(28)27-19-18-26(22-29(27)35)25-16-14-24(15-17-25)13-12-23-8-4-3-5-9-23/h3-22H,1-2H3. The summed E-state index contributed by atoms with van der Waals surface area (Å²) in [6.45, 7) is 4.68. The smallest absolute Gasteiger partial charge is 0.142 e. The Kier molecular flexibility index (Phi) is 5.12. The lowest BCUT2D eigenvalue weighted by atomic mass is 9.81. The van der Waals surface area contributed by atoms with Crippen LogP contribution in [0.1, 0.15) is 36.1 Å². The van der Waals surface area contributed by atoms with Gasteiger partial charge in [0.05, 0.1) is 9.79 Å². The number of para-hydroxylation sites is 1. The van der Waals surface area contributed by atoms with Crippen molar-refractivity contribution in [3.8, 4) is 33.8 Å². The molecule has 2 heteroatoms. The van der Waals surface area contributed by atoms with Gasteiger partial charge in [0.25, 0.3) is 0 Å². The van der Waals surface area contributed by atoms with Crippen molar-refractivity contribution < 1.29 is 4.74 Å². The van der Waals surface area contributed by atoms with Gasteiger partial charge in [-0.3, -0.25) is 0 Å². The van der Waals surface area contributed by atoms with Crippen LogP contribution in [-0.4, -0.2) is 0 Å². The third-order valence-electron chi connectivity index (χ3n) is 7.55. The minimum Gasteiger partial charge on any atom is -0.455 e. The van der Waals surface area contributed by atoms with E-state index in [0.29, 0.717) is 0 Å². The van der Waals surface area contributed by atoms with Crippen LogP contribution in [0.5, 0.6) is 11.5 Å². The van der Waals surface area contributed by atoms with E-state index in [4.69, 9.17) is 4.74 Å². The first kappa shape index (κ1) is 22.2. The molecule has 5 aromatic carbocycles. The molecule has 7 rings (SSSR count). The van der Waals surface area contributed by atoms with Gasteiger partial charge in [0.1, 0.15) is 11.5 Å². The van der Waals surface area contributed by atoms with Gasteiger partial charge in [0, 0.05) is 11.0 Å². The van der Waals surface area contributed by atoms with Crippen LogP contribution in [0.3, 0.4) is 0 Å². The van der Waals surface area contributed by atoms with Crippen molar-refractivity contribution in [2.45, 2.75) is 29.1 Å². The number of ether oxygens (including phenoxy) is 1. The molecular formula is C35H26OS. The van der Waals surface area contributed by atoms with Crippen LogP contribution in [0.15, 0.2) is 119 Å². The number of hydrogen-bond donors (Lipinski definition) is 0. The maximum atomic E-state index is 6.31. The maximum absolute atomic E-state index is 6.31. The molecule has 0 radical (unpaired) electrons. The summed E-state index contributed by atoms with van der Waals surface area (Å²) in [6.07, 6.45) is 4.33. The van der Waals surface area contributed by atoms with Crippen LogP contribution in [-0.2, 0) is 5.41 Å². The molecule has 1 nitrogen and oxygen atoms in total. The van der Waals surface area contributed by atoms with Crippen LogP contribution < -0.4 is 4.74 Å². The van der Waals surface area contributed by atoms with E-state index in [9.17, 15) is 0 Å². The average molecular weight is 495 g/mol. The fourth-order valence-electron chi connectivity index (χ4n) is 5.53. The van der Waals surface area contributed by atoms with Crippen molar-refractivity contribution in [2.75, 3.05) is 0 Å². The highest BCUT2D eigenvalue weighted by atomic mass is 32.2. The highest BCUT2D eigenvalue weighted by Gasteiger charge is 2.39. The summed E-state index contributed by atoms with van der Waals surface area (Å²) >= 11 is 1.83. The molecule has 5 aromatic rings. The van der Waals surface area contributed by atoms with Gasteiger partial charge in [-0.1, -0.05) is 123 Å². The molecule has 178 valence electrons. The normalized spacial score (nSPS) is 14.4. The van der Waals surface area contributed by atoms with Crippen LogP contribution in [0.4, 0.5) is 0 Å². The van der Waals surface area contributed by atoms with Crippen molar-refractivity contribution >= 4 is 23.9 Å². The Morgan fingerprint density at radius 1 is 0.622 bits per heavy atom. The molecule has 0 bridgehead atoms. The van der Waals surface area contributed by atoms with E-state index in [1.165, 1.54) is 54.3 Å². The molecule has 0 saturated carbocycles. The summed E-state index contributed by atoms with van der Waals surface area (Å²) < 4.78 is 6.31. The lowest BCUT2D eigenvalue weighted by Gasteiger charge is -2.24.